The van der Waals surface area contributed by atoms with Crippen LogP contribution in [0.1, 0.15) is 105 Å². The standard InChI is InChI=1S/C22H38O2/c1-19(2,3)13-14(20(4,5)6)18(24)16(22(10,11)12)15(17(13)23)21(7,8)9/h23-24H,1-12H3. The highest BCUT2D eigenvalue weighted by Crippen LogP contribution is 2.53. The van der Waals surface area contributed by atoms with E-state index in [4.69, 9.17) is 0 Å². The summed E-state index contributed by atoms with van der Waals surface area (Å²) in [5.41, 5.74) is 2.41. The molecule has 0 unspecified atom stereocenters. The van der Waals surface area contributed by atoms with Crippen molar-refractivity contribution in [1.82, 2.24) is 0 Å². The molecule has 0 fully saturated rings. The molecule has 0 spiro atoms. The fraction of sp³-hybridized carbons (Fsp3) is 0.727. The normalized spacial score (nSPS) is 14.2. The van der Waals surface area contributed by atoms with Gasteiger partial charge in [-0.05, 0) is 21.7 Å². The third kappa shape index (κ3) is 3.73. The average molecular weight is 335 g/mol. The number of aromatic hydroxyl groups is 2. The maximum atomic E-state index is 11.4. The van der Waals surface area contributed by atoms with E-state index in [0.29, 0.717) is 11.5 Å². The van der Waals surface area contributed by atoms with Crippen LogP contribution in [0.5, 0.6) is 11.5 Å². The molecule has 0 aliphatic rings. The van der Waals surface area contributed by atoms with Crippen LogP contribution in [-0.4, -0.2) is 10.2 Å². The second kappa shape index (κ2) is 5.68. The quantitative estimate of drug-likeness (QED) is 0.547. The molecule has 0 amide bonds. The Labute approximate surface area is 149 Å². The van der Waals surface area contributed by atoms with Crippen molar-refractivity contribution in [1.29, 1.82) is 0 Å². The van der Waals surface area contributed by atoms with Crippen LogP contribution >= 0.6 is 0 Å². The first kappa shape index (κ1) is 20.9. The van der Waals surface area contributed by atoms with Crippen molar-refractivity contribution in [3.8, 4) is 11.5 Å². The summed E-state index contributed by atoms with van der Waals surface area (Å²) in [5.74, 6) is 0.699. The molecule has 0 aromatic heterocycles. The van der Waals surface area contributed by atoms with Gasteiger partial charge in [-0.1, -0.05) is 83.1 Å². The molecule has 1 aromatic rings. The summed E-state index contributed by atoms with van der Waals surface area (Å²) in [4.78, 5) is 0. The Kier molecular flexibility index (Phi) is 4.93. The third-order valence-corrected chi connectivity index (χ3v) is 4.45. The zero-order valence-electron chi connectivity index (χ0n) is 17.9. The van der Waals surface area contributed by atoms with Crippen molar-refractivity contribution < 1.29 is 10.2 Å². The maximum Gasteiger partial charge on any atom is 0.123 e. The minimum atomic E-state index is -0.263. The molecule has 0 saturated heterocycles. The first-order valence-electron chi connectivity index (χ1n) is 8.95. The van der Waals surface area contributed by atoms with E-state index in [1.54, 1.807) is 0 Å². The highest BCUT2D eigenvalue weighted by molar-refractivity contribution is 5.65. The van der Waals surface area contributed by atoms with E-state index in [0.717, 1.165) is 22.3 Å². The highest BCUT2D eigenvalue weighted by atomic mass is 16.3. The van der Waals surface area contributed by atoms with Gasteiger partial charge in [0.2, 0.25) is 0 Å². The van der Waals surface area contributed by atoms with Gasteiger partial charge in [-0.2, -0.15) is 0 Å². The van der Waals surface area contributed by atoms with Crippen molar-refractivity contribution in [2.24, 2.45) is 0 Å². The van der Waals surface area contributed by atoms with Gasteiger partial charge in [0.25, 0.3) is 0 Å². The predicted molar refractivity (Wildman–Crippen MR) is 105 cm³/mol. The van der Waals surface area contributed by atoms with Crippen molar-refractivity contribution in [3.05, 3.63) is 22.3 Å². The first-order chi connectivity index (χ1) is 10.3. The van der Waals surface area contributed by atoms with E-state index < -0.39 is 0 Å². The molecule has 1 aromatic carbocycles. The maximum absolute atomic E-state index is 11.4. The van der Waals surface area contributed by atoms with Crippen LogP contribution in [0.15, 0.2) is 0 Å². The molecule has 0 aliphatic heterocycles. The molecule has 0 saturated carbocycles. The molecule has 138 valence electrons. The molecule has 0 atom stereocenters. The largest absolute Gasteiger partial charge is 0.507 e. The number of phenols is 2. The van der Waals surface area contributed by atoms with E-state index >= 15 is 0 Å². The summed E-state index contributed by atoms with van der Waals surface area (Å²) in [6.07, 6.45) is 0. The molecule has 0 aliphatic carbocycles. The number of hydrogen-bond donors (Lipinski definition) is 2. The SMILES string of the molecule is CC(C)(C)c1c(O)c(C(C)(C)C)c(C(C)(C)C)c(O)c1C(C)(C)C. The van der Waals surface area contributed by atoms with Gasteiger partial charge < -0.3 is 10.2 Å². The Balaban J connectivity index is 4.28. The fourth-order valence-corrected chi connectivity index (χ4v) is 3.64. The number of hydrogen-bond acceptors (Lipinski definition) is 2. The van der Waals surface area contributed by atoms with Gasteiger partial charge in [0.05, 0.1) is 0 Å². The molecule has 0 bridgehead atoms. The Morgan fingerprint density at radius 2 is 0.500 bits per heavy atom. The summed E-state index contributed by atoms with van der Waals surface area (Å²) in [6, 6.07) is 0. The van der Waals surface area contributed by atoms with Crippen LogP contribution in [0.25, 0.3) is 0 Å². The fourth-order valence-electron chi connectivity index (χ4n) is 3.64. The van der Waals surface area contributed by atoms with Gasteiger partial charge in [0, 0.05) is 22.3 Å². The molecule has 0 heterocycles. The van der Waals surface area contributed by atoms with Gasteiger partial charge in [0.1, 0.15) is 11.5 Å². The zero-order chi connectivity index (χ0) is 19.5. The van der Waals surface area contributed by atoms with E-state index in [2.05, 4.69) is 83.1 Å². The average Bonchev–Trinajstić information content (AvgIpc) is 2.24. The molecule has 0 radical (unpaired) electrons. The van der Waals surface area contributed by atoms with Crippen molar-refractivity contribution in [2.75, 3.05) is 0 Å². The highest BCUT2D eigenvalue weighted by Gasteiger charge is 2.40. The molecule has 2 heteroatoms. The monoisotopic (exact) mass is 334 g/mol. The lowest BCUT2D eigenvalue weighted by Gasteiger charge is -2.39. The second-order valence-corrected chi connectivity index (χ2v) is 11.2. The molecule has 2 N–H and O–H groups in total. The minimum absolute atomic E-state index is 0.263. The van der Waals surface area contributed by atoms with Gasteiger partial charge >= 0.3 is 0 Å². The zero-order valence-corrected chi connectivity index (χ0v) is 17.9. The minimum Gasteiger partial charge on any atom is -0.507 e. The van der Waals surface area contributed by atoms with Crippen molar-refractivity contribution in [2.45, 2.75) is 105 Å². The lowest BCUT2D eigenvalue weighted by molar-refractivity contribution is 0.374. The predicted octanol–water partition coefficient (Wildman–Crippen LogP) is 6.29. The Hall–Kier alpha value is -1.18. The lowest BCUT2D eigenvalue weighted by atomic mass is 9.66. The van der Waals surface area contributed by atoms with Crippen LogP contribution < -0.4 is 0 Å². The molecule has 24 heavy (non-hydrogen) atoms. The Morgan fingerprint density at radius 1 is 0.375 bits per heavy atom. The number of rotatable bonds is 0. The summed E-state index contributed by atoms with van der Waals surface area (Å²) >= 11 is 0. The van der Waals surface area contributed by atoms with Crippen LogP contribution in [0.3, 0.4) is 0 Å². The van der Waals surface area contributed by atoms with E-state index in [9.17, 15) is 10.2 Å². The second-order valence-electron chi connectivity index (χ2n) is 11.2. The van der Waals surface area contributed by atoms with E-state index in [1.807, 2.05) is 0 Å². The number of phenolic OH excluding ortho intramolecular Hbond substituents is 2. The smallest absolute Gasteiger partial charge is 0.123 e. The summed E-state index contributed by atoms with van der Waals surface area (Å²) in [6.45, 7) is 25.2. The molecular weight excluding hydrogens is 296 g/mol. The molecule has 1 rings (SSSR count). The van der Waals surface area contributed by atoms with Gasteiger partial charge in [-0.25, -0.2) is 0 Å². The third-order valence-electron chi connectivity index (χ3n) is 4.45. The van der Waals surface area contributed by atoms with Gasteiger partial charge in [0.15, 0.2) is 0 Å². The lowest BCUT2D eigenvalue weighted by Crippen LogP contribution is -2.29. The Bertz CT molecular complexity index is 514. The van der Waals surface area contributed by atoms with Crippen molar-refractivity contribution in [3.63, 3.8) is 0 Å². The van der Waals surface area contributed by atoms with Crippen LogP contribution in [0.4, 0.5) is 0 Å². The summed E-state index contributed by atoms with van der Waals surface area (Å²) < 4.78 is 0. The van der Waals surface area contributed by atoms with Crippen LogP contribution in [-0.2, 0) is 21.7 Å². The summed E-state index contributed by atoms with van der Waals surface area (Å²) in [5, 5.41) is 22.7. The molecular formula is C22H38O2. The number of benzene rings is 1. The molecule has 2 nitrogen and oxygen atoms in total. The van der Waals surface area contributed by atoms with Crippen LogP contribution in [0, 0.1) is 0 Å². The van der Waals surface area contributed by atoms with Crippen molar-refractivity contribution >= 4 is 0 Å². The van der Waals surface area contributed by atoms with Gasteiger partial charge in [-0.15, -0.1) is 0 Å². The van der Waals surface area contributed by atoms with Gasteiger partial charge in [-0.3, -0.25) is 0 Å². The van der Waals surface area contributed by atoms with E-state index in [1.165, 1.54) is 0 Å². The Morgan fingerprint density at radius 3 is 0.583 bits per heavy atom. The van der Waals surface area contributed by atoms with Crippen LogP contribution in [0.2, 0.25) is 0 Å². The van der Waals surface area contributed by atoms with E-state index in [-0.39, 0.29) is 21.7 Å². The summed E-state index contributed by atoms with van der Waals surface area (Å²) in [7, 11) is 0. The topological polar surface area (TPSA) is 40.5 Å². The first-order valence-corrected chi connectivity index (χ1v) is 8.95.